The van der Waals surface area contributed by atoms with Crippen molar-refractivity contribution in [3.05, 3.63) is 62.6 Å². The molecule has 1 aromatic carbocycles. The number of aliphatic hydroxyl groups excluding tert-OH is 1. The Bertz CT molecular complexity index is 1640. The van der Waals surface area contributed by atoms with E-state index in [1.165, 1.54) is 0 Å². The summed E-state index contributed by atoms with van der Waals surface area (Å²) < 4.78 is 9.98. The number of aliphatic hydroxyl groups is 1. The quantitative estimate of drug-likeness (QED) is 0.269. The number of piperidine rings is 1. The molecule has 2 aliphatic heterocycles. The molecular weight excluding hydrogens is 604 g/mol. The van der Waals surface area contributed by atoms with Crippen LogP contribution in [0.15, 0.2) is 45.7 Å². The molecule has 12 nitrogen and oxygen atoms in total. The fourth-order valence-electron chi connectivity index (χ4n) is 6.16. The van der Waals surface area contributed by atoms with Gasteiger partial charge in [-0.3, -0.25) is 9.25 Å². The van der Waals surface area contributed by atoms with E-state index in [4.69, 9.17) is 15.6 Å². The summed E-state index contributed by atoms with van der Waals surface area (Å²) in [7, 11) is 1.56. The lowest BCUT2D eigenvalue weighted by Gasteiger charge is -2.33. The summed E-state index contributed by atoms with van der Waals surface area (Å²) in [6.45, 7) is 3.66. The smallest absolute Gasteiger partial charge is 0.327 e. The molecule has 4 aromatic rings. The molecule has 6 rings (SSSR count). The third-order valence-electron chi connectivity index (χ3n) is 8.38. The van der Waals surface area contributed by atoms with Gasteiger partial charge in [0, 0.05) is 72.5 Å². The zero-order chi connectivity index (χ0) is 29.4. The van der Waals surface area contributed by atoms with E-state index in [-0.39, 0.29) is 11.7 Å². The number of aromatic amines is 1. The van der Waals surface area contributed by atoms with Crippen LogP contribution in [0.2, 0.25) is 0 Å². The highest BCUT2D eigenvalue weighted by molar-refractivity contribution is 9.10. The van der Waals surface area contributed by atoms with Crippen LogP contribution in [0.4, 0.5) is 4.79 Å². The number of pyridine rings is 1. The summed E-state index contributed by atoms with van der Waals surface area (Å²) in [5.41, 5.74) is 10.7. The van der Waals surface area contributed by atoms with Gasteiger partial charge < -0.3 is 30.4 Å². The third kappa shape index (κ3) is 5.68. The number of methoxy groups -OCH3 is 1. The number of carbonyl (C=O) groups excluding carboxylic acids is 1. The van der Waals surface area contributed by atoms with Crippen LogP contribution in [0.1, 0.15) is 36.6 Å². The summed E-state index contributed by atoms with van der Waals surface area (Å²) in [6.07, 6.45) is 2.28. The van der Waals surface area contributed by atoms with Crippen molar-refractivity contribution in [1.82, 2.24) is 34.1 Å². The largest absolute Gasteiger partial charge is 0.481 e. The number of aryl methyl sites for hydroxylation is 1. The predicted molar refractivity (Wildman–Crippen MR) is 161 cm³/mol. The number of benzene rings is 1. The minimum atomic E-state index is -0.523. The van der Waals surface area contributed by atoms with Crippen molar-refractivity contribution in [3.8, 4) is 17.1 Å². The zero-order valence-corrected chi connectivity index (χ0v) is 25.1. The average Bonchev–Trinajstić information content (AvgIpc) is 3.52. The molecule has 13 heteroatoms. The number of β-amino-alcohol motifs (C(OH)–C–C–N with tert-alkyl or cyclic N) is 1. The second kappa shape index (κ2) is 11.9. The summed E-state index contributed by atoms with van der Waals surface area (Å²) in [4.78, 5) is 35.9. The number of amides is 2. The van der Waals surface area contributed by atoms with Crippen molar-refractivity contribution < 1.29 is 14.6 Å². The number of hydrogen-bond donors (Lipinski definition) is 3. The first kappa shape index (κ1) is 28.4. The van der Waals surface area contributed by atoms with Gasteiger partial charge in [-0.25, -0.2) is 9.59 Å². The molecule has 1 fully saturated rings. The van der Waals surface area contributed by atoms with E-state index in [9.17, 15) is 14.7 Å². The molecule has 5 heterocycles. The second-order valence-corrected chi connectivity index (χ2v) is 11.9. The third-order valence-corrected chi connectivity index (χ3v) is 8.90. The van der Waals surface area contributed by atoms with Gasteiger partial charge in [0.2, 0.25) is 5.88 Å². The van der Waals surface area contributed by atoms with Gasteiger partial charge in [0.05, 0.1) is 31.0 Å². The number of halogens is 1. The van der Waals surface area contributed by atoms with E-state index in [0.29, 0.717) is 56.1 Å². The molecule has 222 valence electrons. The van der Waals surface area contributed by atoms with E-state index in [1.807, 2.05) is 35.0 Å². The SMILES string of the molecule is COc1ccc2[nH]c(=O)n(C3CCN(CC(O)CCn4nc(-c5ccc(Br)cc5)c5c4CCN(C(N)=O)C5)CC3)c2n1. The summed E-state index contributed by atoms with van der Waals surface area (Å²) >= 11 is 3.49. The number of fused-ring (bicyclic) bond motifs is 2. The second-order valence-electron chi connectivity index (χ2n) is 11.0. The summed E-state index contributed by atoms with van der Waals surface area (Å²) in [6, 6.07) is 11.1. The predicted octanol–water partition coefficient (Wildman–Crippen LogP) is 2.88. The first-order chi connectivity index (χ1) is 20.3. The number of primary amides is 1. The zero-order valence-electron chi connectivity index (χ0n) is 23.5. The van der Waals surface area contributed by atoms with Crippen molar-refractivity contribution in [3.63, 3.8) is 0 Å². The van der Waals surface area contributed by atoms with Gasteiger partial charge in [-0.05, 0) is 37.5 Å². The van der Waals surface area contributed by atoms with Crippen LogP contribution < -0.4 is 16.2 Å². The van der Waals surface area contributed by atoms with Gasteiger partial charge in [0.1, 0.15) is 0 Å². The number of nitrogens with two attached hydrogens (primary N) is 1. The number of aromatic nitrogens is 5. The number of H-pyrrole nitrogens is 1. The molecule has 1 unspecified atom stereocenters. The lowest BCUT2D eigenvalue weighted by molar-refractivity contribution is 0.0812. The van der Waals surface area contributed by atoms with Crippen LogP contribution in [0.3, 0.4) is 0 Å². The number of nitrogens with zero attached hydrogens (tertiary/aromatic N) is 6. The maximum absolute atomic E-state index is 12.7. The van der Waals surface area contributed by atoms with Crippen LogP contribution in [-0.4, -0.2) is 84.6 Å². The molecule has 1 atom stereocenters. The first-order valence-electron chi connectivity index (χ1n) is 14.2. The van der Waals surface area contributed by atoms with Crippen LogP contribution in [-0.2, 0) is 19.5 Å². The van der Waals surface area contributed by atoms with Gasteiger partial charge in [-0.15, -0.1) is 0 Å². The van der Waals surface area contributed by atoms with Gasteiger partial charge in [-0.1, -0.05) is 28.1 Å². The van der Waals surface area contributed by atoms with Crippen molar-refractivity contribution in [2.45, 2.75) is 50.9 Å². The highest BCUT2D eigenvalue weighted by Gasteiger charge is 2.28. The van der Waals surface area contributed by atoms with Crippen LogP contribution in [0.25, 0.3) is 22.4 Å². The molecule has 0 bridgehead atoms. The number of rotatable bonds is 8. The Labute approximate surface area is 251 Å². The van der Waals surface area contributed by atoms with Gasteiger partial charge in [0.15, 0.2) is 5.65 Å². The number of ether oxygens (including phenoxy) is 1. The molecule has 2 amide bonds. The number of imidazole rings is 1. The van der Waals surface area contributed by atoms with E-state index in [2.05, 4.69) is 30.8 Å². The Morgan fingerprint density at radius 3 is 2.67 bits per heavy atom. The van der Waals surface area contributed by atoms with Crippen LogP contribution >= 0.6 is 15.9 Å². The molecule has 2 aliphatic rings. The maximum atomic E-state index is 12.7. The Morgan fingerprint density at radius 1 is 1.19 bits per heavy atom. The van der Waals surface area contributed by atoms with Crippen molar-refractivity contribution >= 4 is 33.1 Å². The van der Waals surface area contributed by atoms with Gasteiger partial charge in [0.25, 0.3) is 0 Å². The number of nitrogens with one attached hydrogen (secondary N) is 1. The van der Waals surface area contributed by atoms with Gasteiger partial charge in [-0.2, -0.15) is 10.1 Å². The van der Waals surface area contributed by atoms with E-state index < -0.39 is 12.1 Å². The van der Waals surface area contributed by atoms with E-state index in [1.54, 1.807) is 22.6 Å². The molecule has 0 radical (unpaired) electrons. The van der Waals surface area contributed by atoms with Crippen LogP contribution in [0, 0.1) is 0 Å². The van der Waals surface area contributed by atoms with Crippen molar-refractivity contribution in [2.24, 2.45) is 5.73 Å². The molecule has 0 aliphatic carbocycles. The lowest BCUT2D eigenvalue weighted by Crippen LogP contribution is -2.41. The molecule has 1 saturated heterocycles. The Morgan fingerprint density at radius 2 is 1.95 bits per heavy atom. The molecule has 3 aromatic heterocycles. The molecule has 0 saturated carbocycles. The topological polar surface area (TPSA) is 148 Å². The minimum Gasteiger partial charge on any atom is -0.481 e. The Hall–Kier alpha value is -3.68. The molecule has 4 N–H and O–H groups in total. The van der Waals surface area contributed by atoms with Crippen molar-refractivity contribution in [2.75, 3.05) is 33.3 Å². The highest BCUT2D eigenvalue weighted by atomic mass is 79.9. The van der Waals surface area contributed by atoms with Crippen LogP contribution in [0.5, 0.6) is 5.88 Å². The van der Waals surface area contributed by atoms with Gasteiger partial charge >= 0.3 is 11.7 Å². The summed E-state index contributed by atoms with van der Waals surface area (Å²) in [5.74, 6) is 0.475. The minimum absolute atomic E-state index is 0.0341. The number of carbonyl (C=O) groups is 1. The molecule has 42 heavy (non-hydrogen) atoms. The average molecular weight is 640 g/mol. The highest BCUT2D eigenvalue weighted by Crippen LogP contribution is 2.31. The number of likely N-dealkylation sites (tertiary alicyclic amines) is 1. The van der Waals surface area contributed by atoms with E-state index >= 15 is 0 Å². The maximum Gasteiger partial charge on any atom is 0.327 e. The monoisotopic (exact) mass is 638 g/mol. The summed E-state index contributed by atoms with van der Waals surface area (Å²) in [5, 5.41) is 15.9. The Balaban J connectivity index is 1.09. The number of hydrogen-bond acceptors (Lipinski definition) is 7. The fourth-order valence-corrected chi connectivity index (χ4v) is 6.42. The molecule has 0 spiro atoms. The van der Waals surface area contributed by atoms with E-state index in [0.717, 1.165) is 52.9 Å². The first-order valence-corrected chi connectivity index (χ1v) is 15.0. The number of urea groups is 1. The molecular formula is C29H35BrN8O4. The Kier molecular flexibility index (Phi) is 8.06. The lowest BCUT2D eigenvalue weighted by atomic mass is 10.0. The van der Waals surface area contributed by atoms with Crippen molar-refractivity contribution in [1.29, 1.82) is 0 Å². The normalized spacial score (nSPS) is 17.0. The standard InChI is InChI=1S/C29H35BrN8O4/c1-42-25-7-6-23-27(33-25)38(29(41)32-23)20-8-12-35(13-9-20)16-21(39)10-15-37-24-11-14-36(28(31)40)17-22(24)26(34-37)18-2-4-19(30)5-3-18/h2-7,20-21,39H,8-17H2,1H3,(H2,31,40)(H,32,41). The fraction of sp³-hybridized carbons (Fsp3) is 0.448.